The van der Waals surface area contributed by atoms with Crippen LogP contribution in [0.25, 0.3) is 0 Å². The minimum absolute atomic E-state index is 0.578. The van der Waals surface area contributed by atoms with Crippen LogP contribution < -0.4 is 5.32 Å². The van der Waals surface area contributed by atoms with Gasteiger partial charge in [0.05, 0.1) is 17.4 Å². The number of hydrogen-bond donors (Lipinski definition) is 1. The first-order valence-corrected chi connectivity index (χ1v) is 7.65. The highest BCUT2D eigenvalue weighted by molar-refractivity contribution is 8.04. The van der Waals surface area contributed by atoms with E-state index in [9.17, 15) is 31.1 Å². The molecule has 128 valence electrons. The number of hydrogen-bond acceptors (Lipinski definition) is 3. The smallest absolute Gasteiger partial charge is 0.341 e. The molecule has 2 unspecified atom stereocenters. The van der Waals surface area contributed by atoms with Crippen LogP contribution in [0.3, 0.4) is 0 Å². The molecule has 2 aliphatic rings. The Bertz CT molecular complexity index is 548. The third-order valence-electron chi connectivity index (χ3n) is 3.75. The van der Waals surface area contributed by atoms with E-state index >= 15 is 0 Å². The molecule has 0 aromatic carbocycles. The largest absolute Gasteiger partial charge is 0.409 e. The second kappa shape index (κ2) is 6.26. The van der Waals surface area contributed by atoms with Gasteiger partial charge in [-0.05, 0) is 36.2 Å². The second-order valence-electron chi connectivity index (χ2n) is 5.33. The van der Waals surface area contributed by atoms with Crippen LogP contribution in [0.1, 0.15) is 25.7 Å². The second-order valence-corrected chi connectivity index (χ2v) is 6.56. The molecule has 1 amide bonds. The molecule has 0 aromatic rings. The number of carbonyl (C=O) groups excluding carboxylic acids is 1. The minimum atomic E-state index is -5.74. The molecule has 0 fully saturated rings. The van der Waals surface area contributed by atoms with E-state index in [1.54, 1.807) is 5.32 Å². The van der Waals surface area contributed by atoms with Gasteiger partial charge in [-0.2, -0.15) is 31.6 Å². The summed E-state index contributed by atoms with van der Waals surface area (Å²) in [6.07, 6.45) is -8.60. The monoisotopic (exact) mass is 358 g/mol. The molecule has 0 bridgehead atoms. The first-order valence-electron chi connectivity index (χ1n) is 6.77. The number of amides is 1. The Morgan fingerprint density at radius 2 is 1.74 bits per heavy atom. The molecule has 1 heterocycles. The third kappa shape index (κ3) is 3.76. The topological polar surface area (TPSA) is 52.9 Å². The lowest BCUT2D eigenvalue weighted by Gasteiger charge is -2.25. The summed E-state index contributed by atoms with van der Waals surface area (Å²) in [5.41, 5.74) is 0.726. The predicted octanol–water partition coefficient (Wildman–Crippen LogP) is 3.88. The number of alkyl halides is 6. The zero-order chi connectivity index (χ0) is 17.4. The summed E-state index contributed by atoms with van der Waals surface area (Å²) in [5, 5.41) is 9.81. The number of nitrogens with one attached hydrogen (secondary N) is 1. The molecule has 23 heavy (non-hydrogen) atoms. The Morgan fingerprint density at radius 3 is 2.26 bits per heavy atom. The molecule has 0 radical (unpaired) electrons. The Labute approximate surface area is 132 Å². The maximum absolute atomic E-state index is 12.6. The molecular formula is C13H12F6N2OS. The molecule has 0 saturated carbocycles. The first kappa shape index (κ1) is 18.0. The van der Waals surface area contributed by atoms with Gasteiger partial charge in [0.15, 0.2) is 0 Å². The van der Waals surface area contributed by atoms with Crippen molar-refractivity contribution in [3.63, 3.8) is 0 Å². The lowest BCUT2D eigenvalue weighted by Crippen LogP contribution is -2.50. The molecule has 10 heteroatoms. The Kier molecular flexibility index (Phi) is 4.89. The molecule has 1 aliphatic heterocycles. The van der Waals surface area contributed by atoms with E-state index in [4.69, 9.17) is 5.26 Å². The van der Waals surface area contributed by atoms with Crippen LogP contribution in [0, 0.1) is 23.2 Å². The summed E-state index contributed by atoms with van der Waals surface area (Å²) in [7, 11) is 0. The standard InChI is InChI=1S/C13H12F6N2OS/c14-12(15,16)9(13(17,18)19)10(22)21-11-7(5-20)6-3-1-2-4-8(6)23-11/h7,9,11H,1-4H2,(H,21,22). The first-order chi connectivity index (χ1) is 10.6. The number of carbonyl (C=O) groups is 1. The Balaban J connectivity index is 2.16. The highest BCUT2D eigenvalue weighted by Gasteiger charge is 2.61. The summed E-state index contributed by atoms with van der Waals surface area (Å²) in [6.45, 7) is 0. The van der Waals surface area contributed by atoms with Crippen molar-refractivity contribution < 1.29 is 31.1 Å². The molecule has 2 rings (SSSR count). The van der Waals surface area contributed by atoms with E-state index in [0.717, 1.165) is 35.1 Å². The molecule has 0 aromatic heterocycles. The van der Waals surface area contributed by atoms with Gasteiger partial charge in [0.25, 0.3) is 0 Å². The van der Waals surface area contributed by atoms with E-state index < -0.39 is 35.5 Å². The zero-order valence-corrected chi connectivity index (χ0v) is 12.4. The SMILES string of the molecule is N#CC1C2=C(CCCC2)SC1NC(=O)C(C(F)(F)F)C(F)(F)F. The van der Waals surface area contributed by atoms with Gasteiger partial charge in [-0.1, -0.05) is 0 Å². The van der Waals surface area contributed by atoms with Crippen LogP contribution in [0.2, 0.25) is 0 Å². The quantitative estimate of drug-likeness (QED) is 0.762. The Hall–Kier alpha value is -1.37. The average molecular weight is 358 g/mol. The molecule has 3 nitrogen and oxygen atoms in total. The fourth-order valence-corrected chi connectivity index (χ4v) is 4.22. The van der Waals surface area contributed by atoms with Crippen molar-refractivity contribution in [2.45, 2.75) is 43.4 Å². The van der Waals surface area contributed by atoms with Crippen LogP contribution in [-0.4, -0.2) is 23.6 Å². The third-order valence-corrected chi connectivity index (χ3v) is 5.14. The van der Waals surface area contributed by atoms with Gasteiger partial charge < -0.3 is 5.32 Å². The minimum Gasteiger partial charge on any atom is -0.341 e. The molecule has 0 saturated heterocycles. The molecule has 1 aliphatic carbocycles. The van der Waals surface area contributed by atoms with Gasteiger partial charge in [0.2, 0.25) is 11.8 Å². The number of nitrogens with zero attached hydrogens (tertiary/aromatic N) is 1. The number of halogens is 6. The summed E-state index contributed by atoms with van der Waals surface area (Å²) in [4.78, 5) is 12.4. The van der Waals surface area contributed by atoms with E-state index in [-0.39, 0.29) is 0 Å². The number of rotatable bonds is 2. The zero-order valence-electron chi connectivity index (χ0n) is 11.6. The van der Waals surface area contributed by atoms with Crippen molar-refractivity contribution in [1.82, 2.24) is 5.32 Å². The van der Waals surface area contributed by atoms with Crippen LogP contribution in [0.4, 0.5) is 26.3 Å². The lowest BCUT2D eigenvalue weighted by molar-refractivity contribution is -0.274. The van der Waals surface area contributed by atoms with Crippen molar-refractivity contribution in [2.24, 2.45) is 11.8 Å². The van der Waals surface area contributed by atoms with E-state index in [0.29, 0.717) is 12.8 Å². The van der Waals surface area contributed by atoms with E-state index in [2.05, 4.69) is 0 Å². The van der Waals surface area contributed by atoms with Gasteiger partial charge in [-0.3, -0.25) is 4.79 Å². The summed E-state index contributed by atoms with van der Waals surface area (Å²) in [6, 6.07) is 1.88. The summed E-state index contributed by atoms with van der Waals surface area (Å²) in [5.74, 6) is -7.14. The van der Waals surface area contributed by atoms with Crippen LogP contribution >= 0.6 is 11.8 Å². The Morgan fingerprint density at radius 1 is 1.17 bits per heavy atom. The van der Waals surface area contributed by atoms with Crippen LogP contribution in [0.15, 0.2) is 10.5 Å². The summed E-state index contributed by atoms with van der Waals surface area (Å²) >= 11 is 0.985. The van der Waals surface area contributed by atoms with Crippen molar-refractivity contribution in [2.75, 3.05) is 0 Å². The van der Waals surface area contributed by atoms with Gasteiger partial charge in [-0.15, -0.1) is 11.8 Å². The maximum Gasteiger partial charge on any atom is 0.409 e. The van der Waals surface area contributed by atoms with Gasteiger partial charge in [0, 0.05) is 0 Å². The van der Waals surface area contributed by atoms with Crippen molar-refractivity contribution >= 4 is 17.7 Å². The molecule has 2 atom stereocenters. The lowest BCUT2D eigenvalue weighted by atomic mass is 9.90. The van der Waals surface area contributed by atoms with Crippen LogP contribution in [0.5, 0.6) is 0 Å². The maximum atomic E-state index is 12.6. The molecular weight excluding hydrogens is 346 g/mol. The van der Waals surface area contributed by atoms with Crippen molar-refractivity contribution in [1.29, 1.82) is 5.26 Å². The summed E-state index contributed by atoms with van der Waals surface area (Å²) < 4.78 is 75.3. The van der Waals surface area contributed by atoms with Gasteiger partial charge in [0.1, 0.15) is 0 Å². The molecule has 0 spiro atoms. The number of allylic oxidation sites excluding steroid dienone is 1. The fraction of sp³-hybridized carbons (Fsp3) is 0.692. The average Bonchev–Trinajstić information content (AvgIpc) is 2.71. The van der Waals surface area contributed by atoms with Gasteiger partial charge in [-0.25, -0.2) is 0 Å². The van der Waals surface area contributed by atoms with Crippen molar-refractivity contribution in [3.05, 3.63) is 10.5 Å². The van der Waals surface area contributed by atoms with Crippen LogP contribution in [-0.2, 0) is 4.79 Å². The number of thioether (sulfide) groups is 1. The van der Waals surface area contributed by atoms with Gasteiger partial charge >= 0.3 is 12.4 Å². The highest BCUT2D eigenvalue weighted by atomic mass is 32.2. The predicted molar refractivity (Wildman–Crippen MR) is 69.7 cm³/mol. The highest BCUT2D eigenvalue weighted by Crippen LogP contribution is 2.48. The van der Waals surface area contributed by atoms with E-state index in [1.165, 1.54) is 0 Å². The molecule has 1 N–H and O–H groups in total. The fourth-order valence-electron chi connectivity index (χ4n) is 2.73. The van der Waals surface area contributed by atoms with E-state index in [1.807, 2.05) is 6.07 Å². The normalized spacial score (nSPS) is 25.3. The number of nitriles is 1. The van der Waals surface area contributed by atoms with Crippen molar-refractivity contribution in [3.8, 4) is 6.07 Å².